The van der Waals surface area contributed by atoms with Gasteiger partial charge in [-0.1, -0.05) is 182 Å². The van der Waals surface area contributed by atoms with Gasteiger partial charge in [-0.25, -0.2) is 15.0 Å². The van der Waals surface area contributed by atoms with Gasteiger partial charge in [-0.05, 0) is 74.8 Å². The molecule has 5 heteroatoms. The summed E-state index contributed by atoms with van der Waals surface area (Å²) in [5.41, 5.74) is 12.4. The van der Waals surface area contributed by atoms with Crippen LogP contribution in [0, 0.1) is 0 Å². The van der Waals surface area contributed by atoms with Gasteiger partial charge >= 0.3 is 0 Å². The number of hydrogen-bond donors (Lipinski definition) is 0. The molecule has 0 spiro atoms. The minimum atomic E-state index is 0.612. The first-order valence-corrected chi connectivity index (χ1v) is 21.6. The molecule has 0 radical (unpaired) electrons. The lowest BCUT2D eigenvalue weighted by Crippen LogP contribution is -2.00. The van der Waals surface area contributed by atoms with Crippen LogP contribution in [0.3, 0.4) is 0 Å². The van der Waals surface area contributed by atoms with Crippen LogP contribution in [0.5, 0.6) is 0 Å². The van der Waals surface area contributed by atoms with E-state index in [1.54, 1.807) is 0 Å². The van der Waals surface area contributed by atoms with Crippen molar-refractivity contribution in [2.24, 2.45) is 0 Å². The predicted molar refractivity (Wildman–Crippen MR) is 264 cm³/mol. The molecule has 0 aliphatic carbocycles. The maximum Gasteiger partial charge on any atom is 0.164 e. The Hall–Kier alpha value is -8.67. The van der Waals surface area contributed by atoms with E-state index in [0.29, 0.717) is 17.5 Å². The van der Waals surface area contributed by atoms with Gasteiger partial charge in [0.05, 0.1) is 11.0 Å². The van der Waals surface area contributed by atoms with Gasteiger partial charge in [0.1, 0.15) is 11.2 Å². The minimum absolute atomic E-state index is 0.612. The quantitative estimate of drug-likeness (QED) is 0.157. The summed E-state index contributed by atoms with van der Waals surface area (Å²) < 4.78 is 8.96. The zero-order valence-electron chi connectivity index (χ0n) is 34.5. The highest BCUT2D eigenvalue weighted by molar-refractivity contribution is 6.30. The third-order valence-corrected chi connectivity index (χ3v) is 12.6. The molecule has 3 heterocycles. The molecule has 0 atom stereocenters. The number of para-hydroxylation sites is 1. The van der Waals surface area contributed by atoms with Crippen molar-refractivity contribution in [1.82, 2.24) is 19.5 Å². The maximum absolute atomic E-state index is 6.60. The topological polar surface area (TPSA) is 56.7 Å². The molecule has 0 bridgehead atoms. The summed E-state index contributed by atoms with van der Waals surface area (Å²) in [7, 11) is 0. The Morgan fingerprint density at radius 3 is 1.55 bits per heavy atom. The molecule has 0 aliphatic heterocycles. The molecule has 0 unspecified atom stereocenters. The van der Waals surface area contributed by atoms with Crippen molar-refractivity contribution >= 4 is 65.3 Å². The molecule has 5 nitrogen and oxygen atoms in total. The maximum atomic E-state index is 6.60. The second-order valence-corrected chi connectivity index (χ2v) is 16.4. The molecule has 0 N–H and O–H groups in total. The van der Waals surface area contributed by atoms with Crippen LogP contribution in [-0.4, -0.2) is 19.5 Å². The predicted octanol–water partition coefficient (Wildman–Crippen LogP) is 15.5. The Balaban J connectivity index is 0.928. The summed E-state index contributed by atoms with van der Waals surface area (Å²) in [4.78, 5) is 15.4. The largest absolute Gasteiger partial charge is 0.455 e. The van der Waals surface area contributed by atoms with Crippen molar-refractivity contribution in [3.63, 3.8) is 0 Å². The van der Waals surface area contributed by atoms with Crippen LogP contribution in [0.2, 0.25) is 0 Å². The van der Waals surface area contributed by atoms with E-state index in [9.17, 15) is 0 Å². The molecule has 0 aliphatic rings. The number of benzene rings is 10. The van der Waals surface area contributed by atoms with Crippen LogP contribution in [0.25, 0.3) is 127 Å². The van der Waals surface area contributed by atoms with Crippen LogP contribution < -0.4 is 0 Å². The number of hydrogen-bond acceptors (Lipinski definition) is 4. The lowest BCUT2D eigenvalue weighted by atomic mass is 9.95. The van der Waals surface area contributed by atoms with E-state index in [2.05, 4.69) is 205 Å². The fourth-order valence-corrected chi connectivity index (χ4v) is 9.59. The van der Waals surface area contributed by atoms with E-state index >= 15 is 0 Å². The summed E-state index contributed by atoms with van der Waals surface area (Å²) in [6.45, 7) is 0. The Labute approximate surface area is 368 Å². The number of rotatable bonds is 6. The van der Waals surface area contributed by atoms with E-state index in [-0.39, 0.29) is 0 Å². The van der Waals surface area contributed by atoms with Crippen LogP contribution in [-0.2, 0) is 0 Å². The van der Waals surface area contributed by atoms with Crippen molar-refractivity contribution in [1.29, 1.82) is 0 Å². The van der Waals surface area contributed by atoms with Crippen molar-refractivity contribution in [3.8, 4) is 62.1 Å². The number of fused-ring (bicyclic) bond motifs is 11. The van der Waals surface area contributed by atoms with E-state index in [1.165, 1.54) is 38.1 Å². The molecule has 64 heavy (non-hydrogen) atoms. The lowest BCUT2D eigenvalue weighted by molar-refractivity contribution is 0.673. The zero-order valence-corrected chi connectivity index (χ0v) is 34.5. The average molecular weight is 817 g/mol. The Kier molecular flexibility index (Phi) is 8.15. The number of aromatic nitrogens is 4. The van der Waals surface area contributed by atoms with Gasteiger partial charge in [-0.3, -0.25) is 0 Å². The van der Waals surface area contributed by atoms with Gasteiger partial charge in [0, 0.05) is 49.3 Å². The van der Waals surface area contributed by atoms with E-state index in [4.69, 9.17) is 19.4 Å². The van der Waals surface area contributed by atoms with Gasteiger partial charge in [0.2, 0.25) is 0 Å². The van der Waals surface area contributed by atoms with Crippen molar-refractivity contribution in [3.05, 3.63) is 218 Å². The van der Waals surface area contributed by atoms with Gasteiger partial charge in [-0.2, -0.15) is 0 Å². The molecule has 0 saturated heterocycles. The lowest BCUT2D eigenvalue weighted by Gasteiger charge is -2.12. The molecule has 10 aromatic carbocycles. The summed E-state index contributed by atoms with van der Waals surface area (Å²) in [6, 6.07) is 76.8. The Morgan fingerprint density at radius 2 is 0.797 bits per heavy atom. The number of furan rings is 1. The molecule has 0 fully saturated rings. The third-order valence-electron chi connectivity index (χ3n) is 12.6. The molecule has 13 rings (SSSR count). The van der Waals surface area contributed by atoms with Crippen molar-refractivity contribution < 1.29 is 4.42 Å². The van der Waals surface area contributed by atoms with Crippen molar-refractivity contribution in [2.45, 2.75) is 0 Å². The van der Waals surface area contributed by atoms with Crippen LogP contribution in [0.1, 0.15) is 0 Å². The van der Waals surface area contributed by atoms with Crippen molar-refractivity contribution in [2.75, 3.05) is 0 Å². The van der Waals surface area contributed by atoms with Gasteiger partial charge in [0.25, 0.3) is 0 Å². The summed E-state index contributed by atoms with van der Waals surface area (Å²) in [6.07, 6.45) is 0. The smallest absolute Gasteiger partial charge is 0.164 e. The summed E-state index contributed by atoms with van der Waals surface area (Å²) >= 11 is 0. The highest BCUT2D eigenvalue weighted by Gasteiger charge is 2.19. The fraction of sp³-hybridized carbons (Fsp3) is 0. The normalized spacial score (nSPS) is 11.8. The molecule has 0 amide bonds. The minimum Gasteiger partial charge on any atom is -0.455 e. The first-order chi connectivity index (χ1) is 31.7. The SMILES string of the molecule is c1ccc(-c2cccc(-n3c4ccccc4c4ccc(-c5nc(-c6ccccc6)nc(-c6ccc(-c7ccc8oc9c%10ccccc%10c%10ccccc%10c9c8c7)cc6)n5)cc43)c2)cc1. The molecule has 3 aromatic heterocycles. The van der Waals surface area contributed by atoms with E-state index in [0.717, 1.165) is 71.9 Å². The third kappa shape index (κ3) is 5.83. The van der Waals surface area contributed by atoms with E-state index in [1.807, 2.05) is 18.2 Å². The van der Waals surface area contributed by atoms with Crippen LogP contribution >= 0.6 is 0 Å². The highest BCUT2D eigenvalue weighted by atomic mass is 16.3. The second kappa shape index (κ2) is 14.5. The molecule has 0 saturated carbocycles. The Bertz CT molecular complexity index is 3940. The summed E-state index contributed by atoms with van der Waals surface area (Å²) in [5, 5.41) is 9.36. The monoisotopic (exact) mass is 816 g/mol. The van der Waals surface area contributed by atoms with E-state index < -0.39 is 0 Å². The second-order valence-electron chi connectivity index (χ2n) is 16.4. The molecular weight excluding hydrogens is 781 g/mol. The fourth-order valence-electron chi connectivity index (χ4n) is 9.59. The summed E-state index contributed by atoms with van der Waals surface area (Å²) in [5.74, 6) is 1.85. The van der Waals surface area contributed by atoms with Gasteiger partial charge < -0.3 is 8.98 Å². The van der Waals surface area contributed by atoms with Gasteiger partial charge in [0.15, 0.2) is 17.5 Å². The zero-order chi connectivity index (χ0) is 42.1. The molecule has 298 valence electrons. The number of nitrogens with zero attached hydrogens (tertiary/aromatic N) is 4. The van der Waals surface area contributed by atoms with Crippen LogP contribution in [0.15, 0.2) is 223 Å². The highest BCUT2D eigenvalue weighted by Crippen LogP contribution is 2.42. The standard InChI is InChI=1S/C59H36N4O/c1-3-14-37(15-4-1)41-18-13-19-44(34-41)63-52-25-12-11-22-47(52)48-32-30-43(36-53(48)63)59-61-57(39-16-5-2-6-17-39)60-58(62-59)40-28-26-38(27-29-40)42-31-33-54-51(35-42)55-49-23-9-7-20-45(49)46-21-8-10-24-50(46)56(55)64-54/h1-36H. The average Bonchev–Trinajstić information content (AvgIpc) is 3.93. The molecule has 13 aromatic rings. The van der Waals surface area contributed by atoms with Gasteiger partial charge in [-0.15, -0.1) is 0 Å². The first-order valence-electron chi connectivity index (χ1n) is 21.6. The molecular formula is C59H36N4O. The Morgan fingerprint density at radius 1 is 0.297 bits per heavy atom. The van der Waals surface area contributed by atoms with Crippen LogP contribution in [0.4, 0.5) is 0 Å². The first kappa shape index (κ1) is 36.0.